The lowest BCUT2D eigenvalue weighted by molar-refractivity contribution is -0.241. The van der Waals surface area contributed by atoms with Crippen molar-refractivity contribution in [1.82, 2.24) is 9.80 Å². The van der Waals surface area contributed by atoms with Crippen LogP contribution in [0.4, 0.5) is 4.79 Å². The van der Waals surface area contributed by atoms with E-state index in [1.54, 1.807) is 4.90 Å². The van der Waals surface area contributed by atoms with Crippen molar-refractivity contribution in [2.75, 3.05) is 32.8 Å². The number of hydrogen-bond acceptors (Lipinski definition) is 8. The SMILES string of the molecule is CC(C)C(=O)N1CCOC(OC2CCC34CC3(CCC3(C)C5C(C)CC(C(OC(=O)N6CCC6)C(C)C)OC5C(O)C3(C)N)CCCC4C2(C)C)C1. The second kappa shape index (κ2) is 13.6. The van der Waals surface area contributed by atoms with Crippen LogP contribution in [0.25, 0.3) is 0 Å². The van der Waals surface area contributed by atoms with Crippen LogP contribution in [0.5, 0.6) is 0 Å². The number of ether oxygens (including phenoxy) is 4. The number of carbonyl (C=O) groups is 2. The van der Waals surface area contributed by atoms with Gasteiger partial charge in [-0.05, 0) is 110 Å². The lowest BCUT2D eigenvalue weighted by atomic mass is 9.53. The number of likely N-dealkylation sites (tertiary alicyclic amines) is 1. The van der Waals surface area contributed by atoms with Gasteiger partial charge in [-0.15, -0.1) is 0 Å². The smallest absolute Gasteiger partial charge is 0.410 e. The molecule has 0 aromatic carbocycles. The summed E-state index contributed by atoms with van der Waals surface area (Å²) >= 11 is 0. The van der Waals surface area contributed by atoms with E-state index in [0.717, 1.165) is 45.2 Å². The Morgan fingerprint density at radius 1 is 0.981 bits per heavy atom. The van der Waals surface area contributed by atoms with Gasteiger partial charge < -0.3 is 39.6 Å². The van der Waals surface area contributed by atoms with Crippen molar-refractivity contribution >= 4 is 12.0 Å². The van der Waals surface area contributed by atoms with Crippen LogP contribution < -0.4 is 5.73 Å². The largest absolute Gasteiger partial charge is 0.443 e. The Kier molecular flexibility index (Phi) is 10.2. The Bertz CT molecular complexity index is 1350. The minimum atomic E-state index is -0.810. The van der Waals surface area contributed by atoms with Gasteiger partial charge in [-0.25, -0.2) is 4.79 Å². The van der Waals surface area contributed by atoms with Crippen molar-refractivity contribution in [3.63, 3.8) is 0 Å². The van der Waals surface area contributed by atoms with E-state index < -0.39 is 11.6 Å². The zero-order valence-corrected chi connectivity index (χ0v) is 33.8. The third kappa shape index (κ3) is 6.06. The van der Waals surface area contributed by atoms with Crippen LogP contribution in [-0.4, -0.2) is 102 Å². The van der Waals surface area contributed by atoms with E-state index in [0.29, 0.717) is 36.4 Å². The van der Waals surface area contributed by atoms with E-state index in [1.165, 1.54) is 32.1 Å². The molecule has 4 aliphatic carbocycles. The Hall–Kier alpha value is -1.46. The molecule has 0 radical (unpaired) electrons. The van der Waals surface area contributed by atoms with Gasteiger partial charge in [-0.1, -0.05) is 61.8 Å². The zero-order chi connectivity index (χ0) is 37.6. The average molecular weight is 730 g/mol. The highest BCUT2D eigenvalue weighted by atomic mass is 16.7. The first-order valence-electron chi connectivity index (χ1n) is 21.0. The van der Waals surface area contributed by atoms with Crippen molar-refractivity contribution < 1.29 is 33.6 Å². The first kappa shape index (κ1) is 38.8. The lowest BCUT2D eigenvalue weighted by Gasteiger charge is -2.55. The minimum Gasteiger partial charge on any atom is -0.443 e. The highest BCUT2D eigenvalue weighted by Crippen LogP contribution is 2.82. The standard InChI is InChI=1S/C42H71N3O7/c1-25(2)33(52-37(48)44-18-11-19-44)28-22-27(5)32-34(50-28)35(46)40(9,43)39(32,8)16-17-41-14-10-12-29-38(6,7)30(13-15-42(29,41)24-41)51-31-23-45(20-21-49-31)36(47)26(3)4/h25-35,46H,10-24,43H2,1-9H3. The van der Waals surface area contributed by atoms with Crippen LogP contribution >= 0.6 is 0 Å². The summed E-state index contributed by atoms with van der Waals surface area (Å²) in [5.74, 6) is 1.21. The summed E-state index contributed by atoms with van der Waals surface area (Å²) in [5, 5.41) is 12.0. The second-order valence-corrected chi connectivity index (χ2v) is 20.2. The maximum atomic E-state index is 12.9. The van der Waals surface area contributed by atoms with Crippen LogP contribution in [0.1, 0.15) is 127 Å². The highest BCUT2D eigenvalue weighted by molar-refractivity contribution is 5.78. The number of carbonyl (C=O) groups excluding carboxylic acids is 2. The molecule has 4 saturated carbocycles. The summed E-state index contributed by atoms with van der Waals surface area (Å²) in [6.07, 6.45) is 8.79. The molecular formula is C42H71N3O7. The van der Waals surface area contributed by atoms with E-state index >= 15 is 0 Å². The highest BCUT2D eigenvalue weighted by Gasteiger charge is 2.75. The zero-order valence-electron chi connectivity index (χ0n) is 33.8. The summed E-state index contributed by atoms with van der Waals surface area (Å²) in [6, 6.07) is 0. The molecule has 0 aromatic heterocycles. The number of hydrogen-bond donors (Lipinski definition) is 2. The fourth-order valence-electron chi connectivity index (χ4n) is 13.0. The third-order valence-corrected chi connectivity index (χ3v) is 16.4. The molecule has 7 rings (SSSR count). The third-order valence-electron chi connectivity index (χ3n) is 16.4. The average Bonchev–Trinajstić information content (AvgIpc) is 3.70. The maximum absolute atomic E-state index is 12.9. The second-order valence-electron chi connectivity index (χ2n) is 20.2. The molecule has 10 heteroatoms. The minimum absolute atomic E-state index is 0.00183. The van der Waals surface area contributed by atoms with Crippen molar-refractivity contribution in [2.24, 2.45) is 57.0 Å². The number of rotatable bonds is 9. The van der Waals surface area contributed by atoms with Gasteiger partial charge in [0.1, 0.15) is 6.10 Å². The van der Waals surface area contributed by atoms with Crippen LogP contribution in [-0.2, 0) is 23.7 Å². The van der Waals surface area contributed by atoms with E-state index in [1.807, 2.05) is 18.7 Å². The predicted octanol–water partition coefficient (Wildman–Crippen LogP) is 6.36. The van der Waals surface area contributed by atoms with E-state index in [-0.39, 0.29) is 77.2 Å². The number of aliphatic hydroxyl groups excluding tert-OH is 1. The molecule has 13 atom stereocenters. The Balaban J connectivity index is 1.03. The van der Waals surface area contributed by atoms with Gasteiger partial charge in [0.25, 0.3) is 0 Å². The number of nitrogens with zero attached hydrogens (tertiary/aromatic N) is 2. The van der Waals surface area contributed by atoms with Crippen molar-refractivity contribution in [3.8, 4) is 0 Å². The molecule has 10 nitrogen and oxygen atoms in total. The molecule has 7 fully saturated rings. The molecule has 296 valence electrons. The number of nitrogens with two attached hydrogens (primary N) is 1. The number of aliphatic hydroxyl groups is 1. The normalized spacial score (nSPS) is 45.9. The fourth-order valence-corrected chi connectivity index (χ4v) is 13.0. The molecule has 52 heavy (non-hydrogen) atoms. The molecule has 1 spiro atoms. The molecule has 3 saturated heterocycles. The Labute approximate surface area is 313 Å². The molecular weight excluding hydrogens is 658 g/mol. The molecule has 3 N–H and O–H groups in total. The predicted molar refractivity (Wildman–Crippen MR) is 199 cm³/mol. The van der Waals surface area contributed by atoms with Crippen LogP contribution in [0.3, 0.4) is 0 Å². The van der Waals surface area contributed by atoms with Gasteiger partial charge in [0.05, 0.1) is 37.6 Å². The lowest BCUT2D eigenvalue weighted by Crippen LogP contribution is -2.57. The number of morpholine rings is 1. The fraction of sp³-hybridized carbons (Fsp3) is 0.952. The summed E-state index contributed by atoms with van der Waals surface area (Å²) in [7, 11) is 0. The van der Waals surface area contributed by atoms with Crippen LogP contribution in [0.15, 0.2) is 0 Å². The quantitative estimate of drug-likeness (QED) is 0.281. The summed E-state index contributed by atoms with van der Waals surface area (Å²) in [5.41, 5.74) is 6.79. The summed E-state index contributed by atoms with van der Waals surface area (Å²) in [4.78, 5) is 29.3. The van der Waals surface area contributed by atoms with Gasteiger partial charge in [-0.3, -0.25) is 4.79 Å². The number of fused-ring (bicyclic) bond motifs is 1. The Morgan fingerprint density at radius 2 is 1.71 bits per heavy atom. The molecule has 7 aliphatic rings. The maximum Gasteiger partial charge on any atom is 0.410 e. The van der Waals surface area contributed by atoms with Gasteiger partial charge in [0.2, 0.25) is 5.91 Å². The first-order valence-corrected chi connectivity index (χ1v) is 21.0. The summed E-state index contributed by atoms with van der Waals surface area (Å²) in [6.45, 7) is 22.8. The van der Waals surface area contributed by atoms with Crippen LogP contribution in [0, 0.1) is 51.2 Å². The monoisotopic (exact) mass is 730 g/mol. The van der Waals surface area contributed by atoms with Crippen LogP contribution in [0.2, 0.25) is 0 Å². The van der Waals surface area contributed by atoms with E-state index in [2.05, 4.69) is 48.5 Å². The molecule has 0 bridgehead atoms. The molecule has 0 aromatic rings. The molecule has 3 heterocycles. The van der Waals surface area contributed by atoms with Gasteiger partial charge in [-0.2, -0.15) is 0 Å². The van der Waals surface area contributed by atoms with Crippen molar-refractivity contribution in [3.05, 3.63) is 0 Å². The molecule has 3 aliphatic heterocycles. The van der Waals surface area contributed by atoms with Crippen molar-refractivity contribution in [2.45, 2.75) is 169 Å². The van der Waals surface area contributed by atoms with Gasteiger partial charge in [0.15, 0.2) is 6.29 Å². The van der Waals surface area contributed by atoms with E-state index in [9.17, 15) is 14.7 Å². The van der Waals surface area contributed by atoms with Gasteiger partial charge >= 0.3 is 6.09 Å². The van der Waals surface area contributed by atoms with Gasteiger partial charge in [0, 0.05) is 31.1 Å². The summed E-state index contributed by atoms with van der Waals surface area (Å²) < 4.78 is 25.8. The number of amides is 2. The molecule has 13 unspecified atom stereocenters. The topological polar surface area (TPSA) is 124 Å². The molecule has 2 amide bonds. The van der Waals surface area contributed by atoms with Crippen molar-refractivity contribution in [1.29, 1.82) is 0 Å². The van der Waals surface area contributed by atoms with E-state index in [4.69, 9.17) is 24.7 Å². The first-order chi connectivity index (χ1) is 24.4. The Morgan fingerprint density at radius 3 is 2.37 bits per heavy atom.